The zero-order chi connectivity index (χ0) is 12.3. The molecular weight excluding hydrogens is 215 g/mol. The normalized spacial score (nSPS) is 12.4. The standard InChI is InChI=1S/C15H15FO/c1-11(10-17)12-6-8-13(9-7-12)14-4-2-3-5-15(14)16/h2-9,11,17H,10H2,1H3/t11-/m1/s1. The van der Waals surface area contributed by atoms with Gasteiger partial charge in [0, 0.05) is 18.1 Å². The molecule has 0 spiro atoms. The van der Waals surface area contributed by atoms with Crippen molar-refractivity contribution in [3.05, 3.63) is 59.9 Å². The Morgan fingerprint density at radius 2 is 1.71 bits per heavy atom. The van der Waals surface area contributed by atoms with E-state index in [-0.39, 0.29) is 18.3 Å². The molecule has 2 aromatic rings. The SMILES string of the molecule is C[C@H](CO)c1ccc(-c2ccccc2F)cc1. The lowest BCUT2D eigenvalue weighted by molar-refractivity contribution is 0.273. The highest BCUT2D eigenvalue weighted by atomic mass is 19.1. The van der Waals surface area contributed by atoms with Crippen LogP contribution in [0.25, 0.3) is 11.1 Å². The molecule has 0 amide bonds. The fraction of sp³-hybridized carbons (Fsp3) is 0.200. The maximum Gasteiger partial charge on any atom is 0.131 e. The van der Waals surface area contributed by atoms with Gasteiger partial charge in [0.15, 0.2) is 0 Å². The van der Waals surface area contributed by atoms with Gasteiger partial charge in [-0.3, -0.25) is 0 Å². The maximum atomic E-state index is 13.6. The Hall–Kier alpha value is -1.67. The van der Waals surface area contributed by atoms with Gasteiger partial charge in [0.1, 0.15) is 5.82 Å². The minimum atomic E-state index is -0.213. The van der Waals surface area contributed by atoms with Crippen molar-refractivity contribution in [1.29, 1.82) is 0 Å². The van der Waals surface area contributed by atoms with Gasteiger partial charge in [-0.15, -0.1) is 0 Å². The summed E-state index contributed by atoms with van der Waals surface area (Å²) in [6.45, 7) is 2.08. The van der Waals surface area contributed by atoms with E-state index in [1.807, 2.05) is 37.3 Å². The van der Waals surface area contributed by atoms with Gasteiger partial charge in [-0.25, -0.2) is 4.39 Å². The number of hydrogen-bond donors (Lipinski definition) is 1. The number of hydrogen-bond acceptors (Lipinski definition) is 1. The Balaban J connectivity index is 2.33. The fourth-order valence-electron chi connectivity index (χ4n) is 1.79. The quantitative estimate of drug-likeness (QED) is 0.854. The second-order valence-electron chi connectivity index (χ2n) is 4.19. The van der Waals surface area contributed by atoms with Gasteiger partial charge in [-0.05, 0) is 17.2 Å². The molecule has 2 aromatic carbocycles. The van der Waals surface area contributed by atoms with E-state index in [2.05, 4.69) is 0 Å². The van der Waals surface area contributed by atoms with Crippen LogP contribution in [0.5, 0.6) is 0 Å². The van der Waals surface area contributed by atoms with Gasteiger partial charge in [-0.2, -0.15) is 0 Å². The first-order chi connectivity index (χ1) is 8.22. The van der Waals surface area contributed by atoms with E-state index < -0.39 is 0 Å². The molecule has 17 heavy (non-hydrogen) atoms. The van der Waals surface area contributed by atoms with Crippen LogP contribution >= 0.6 is 0 Å². The highest BCUT2D eigenvalue weighted by Gasteiger charge is 2.06. The largest absolute Gasteiger partial charge is 0.396 e. The van der Waals surface area contributed by atoms with Gasteiger partial charge in [-0.1, -0.05) is 49.4 Å². The van der Waals surface area contributed by atoms with Gasteiger partial charge in [0.2, 0.25) is 0 Å². The summed E-state index contributed by atoms with van der Waals surface area (Å²) >= 11 is 0. The third-order valence-electron chi connectivity index (χ3n) is 2.94. The topological polar surface area (TPSA) is 20.2 Å². The molecule has 0 unspecified atom stereocenters. The first kappa shape index (κ1) is 11.8. The van der Waals surface area contributed by atoms with Crippen molar-refractivity contribution in [1.82, 2.24) is 0 Å². The Bertz CT molecular complexity index is 491. The molecule has 0 fully saturated rings. The molecule has 0 saturated heterocycles. The number of aliphatic hydroxyl groups is 1. The van der Waals surface area contributed by atoms with Crippen molar-refractivity contribution in [3.8, 4) is 11.1 Å². The summed E-state index contributed by atoms with van der Waals surface area (Å²) in [6, 6.07) is 14.4. The minimum absolute atomic E-state index is 0.115. The lowest BCUT2D eigenvalue weighted by Crippen LogP contribution is -1.98. The molecule has 0 aliphatic heterocycles. The lowest BCUT2D eigenvalue weighted by Gasteiger charge is -2.09. The number of halogens is 1. The third kappa shape index (κ3) is 2.53. The lowest BCUT2D eigenvalue weighted by atomic mass is 9.98. The summed E-state index contributed by atoms with van der Waals surface area (Å²) in [5.41, 5.74) is 2.53. The second-order valence-corrected chi connectivity index (χ2v) is 4.19. The van der Waals surface area contributed by atoms with Crippen molar-refractivity contribution in [3.63, 3.8) is 0 Å². The number of benzene rings is 2. The van der Waals surface area contributed by atoms with E-state index in [0.29, 0.717) is 5.56 Å². The van der Waals surface area contributed by atoms with Gasteiger partial charge in [0.25, 0.3) is 0 Å². The van der Waals surface area contributed by atoms with Crippen LogP contribution in [-0.2, 0) is 0 Å². The summed E-state index contributed by atoms with van der Waals surface area (Å²) in [5, 5.41) is 9.06. The van der Waals surface area contributed by atoms with E-state index >= 15 is 0 Å². The Labute approximate surface area is 101 Å². The van der Waals surface area contributed by atoms with E-state index in [9.17, 15) is 4.39 Å². The summed E-state index contributed by atoms with van der Waals surface area (Å²) in [5.74, 6) is -0.0971. The molecule has 0 aliphatic carbocycles. The van der Waals surface area contributed by atoms with Crippen LogP contribution in [0.1, 0.15) is 18.4 Å². The van der Waals surface area contributed by atoms with Crippen molar-refractivity contribution >= 4 is 0 Å². The van der Waals surface area contributed by atoms with Crippen molar-refractivity contribution in [2.24, 2.45) is 0 Å². The van der Waals surface area contributed by atoms with E-state index in [4.69, 9.17) is 5.11 Å². The molecule has 0 saturated carbocycles. The van der Waals surface area contributed by atoms with E-state index in [1.165, 1.54) is 6.07 Å². The molecule has 1 nitrogen and oxygen atoms in total. The monoisotopic (exact) mass is 230 g/mol. The molecule has 1 atom stereocenters. The van der Waals surface area contributed by atoms with E-state index in [1.54, 1.807) is 12.1 Å². The zero-order valence-corrected chi connectivity index (χ0v) is 9.73. The third-order valence-corrected chi connectivity index (χ3v) is 2.94. The highest BCUT2D eigenvalue weighted by molar-refractivity contribution is 5.64. The molecule has 88 valence electrons. The molecule has 0 radical (unpaired) electrons. The molecule has 1 N–H and O–H groups in total. The van der Waals surface area contributed by atoms with E-state index in [0.717, 1.165) is 11.1 Å². The predicted octanol–water partition coefficient (Wildman–Crippen LogP) is 3.59. The Morgan fingerprint density at radius 3 is 2.29 bits per heavy atom. The van der Waals surface area contributed by atoms with Crippen LogP contribution in [0.2, 0.25) is 0 Å². The Morgan fingerprint density at radius 1 is 1.06 bits per heavy atom. The molecule has 2 heteroatoms. The van der Waals surface area contributed by atoms with Gasteiger partial charge in [0.05, 0.1) is 0 Å². The van der Waals surface area contributed by atoms with Crippen LogP contribution in [0.4, 0.5) is 4.39 Å². The molecule has 0 aliphatic rings. The van der Waals surface area contributed by atoms with Gasteiger partial charge >= 0.3 is 0 Å². The summed E-state index contributed by atoms with van der Waals surface area (Å²) in [4.78, 5) is 0. The van der Waals surface area contributed by atoms with Crippen molar-refractivity contribution in [2.75, 3.05) is 6.61 Å². The van der Waals surface area contributed by atoms with Crippen LogP contribution < -0.4 is 0 Å². The average molecular weight is 230 g/mol. The zero-order valence-electron chi connectivity index (χ0n) is 9.73. The molecule has 0 heterocycles. The van der Waals surface area contributed by atoms with Crippen LogP contribution in [0, 0.1) is 5.82 Å². The van der Waals surface area contributed by atoms with Crippen LogP contribution in [-0.4, -0.2) is 11.7 Å². The fourth-order valence-corrected chi connectivity index (χ4v) is 1.79. The van der Waals surface area contributed by atoms with Crippen LogP contribution in [0.3, 0.4) is 0 Å². The average Bonchev–Trinajstić information content (AvgIpc) is 2.39. The minimum Gasteiger partial charge on any atom is -0.396 e. The summed E-state index contributed by atoms with van der Waals surface area (Å²) < 4.78 is 13.6. The maximum absolute atomic E-state index is 13.6. The summed E-state index contributed by atoms with van der Waals surface area (Å²) in [7, 11) is 0. The van der Waals surface area contributed by atoms with Crippen LogP contribution in [0.15, 0.2) is 48.5 Å². The summed E-state index contributed by atoms with van der Waals surface area (Å²) in [6.07, 6.45) is 0. The second kappa shape index (κ2) is 5.11. The molecule has 0 aromatic heterocycles. The number of rotatable bonds is 3. The first-order valence-corrected chi connectivity index (χ1v) is 5.68. The smallest absolute Gasteiger partial charge is 0.131 e. The molecular formula is C15H15FO. The predicted molar refractivity (Wildman–Crippen MR) is 67.3 cm³/mol. The Kier molecular flexibility index (Phi) is 3.55. The highest BCUT2D eigenvalue weighted by Crippen LogP contribution is 2.24. The van der Waals surface area contributed by atoms with Crippen molar-refractivity contribution < 1.29 is 9.50 Å². The molecule has 2 rings (SSSR count). The number of aliphatic hydroxyl groups excluding tert-OH is 1. The van der Waals surface area contributed by atoms with Gasteiger partial charge < -0.3 is 5.11 Å². The molecule has 0 bridgehead atoms. The van der Waals surface area contributed by atoms with Crippen molar-refractivity contribution in [2.45, 2.75) is 12.8 Å². The first-order valence-electron chi connectivity index (χ1n) is 5.68.